The van der Waals surface area contributed by atoms with Crippen LogP contribution in [0.5, 0.6) is 0 Å². The highest BCUT2D eigenvalue weighted by atomic mass is 19.1. The summed E-state index contributed by atoms with van der Waals surface area (Å²) in [4.78, 5) is 15.4. The zero-order chi connectivity index (χ0) is 12.8. The van der Waals surface area contributed by atoms with Crippen LogP contribution < -0.4 is 5.43 Å². The van der Waals surface area contributed by atoms with Gasteiger partial charge in [0.2, 0.25) is 0 Å². The fourth-order valence-electron chi connectivity index (χ4n) is 1.32. The Morgan fingerprint density at radius 2 is 2.06 bits per heavy atom. The molecule has 0 unspecified atom stereocenters. The minimum Gasteiger partial charge on any atom is -0.267 e. The van der Waals surface area contributed by atoms with Crippen molar-refractivity contribution < 1.29 is 9.18 Å². The molecule has 1 N–H and O–H groups in total. The van der Waals surface area contributed by atoms with Crippen LogP contribution in [0.1, 0.15) is 15.9 Å². The lowest BCUT2D eigenvalue weighted by Crippen LogP contribution is -2.17. The molecule has 5 heteroatoms. The maximum absolute atomic E-state index is 12.9. The van der Waals surface area contributed by atoms with Gasteiger partial charge in [0, 0.05) is 18.0 Å². The van der Waals surface area contributed by atoms with Crippen LogP contribution >= 0.6 is 0 Å². The molecular formula is C13H10FN3O. The average molecular weight is 243 g/mol. The number of carbonyl (C=O) groups is 1. The molecule has 0 aliphatic heterocycles. The van der Waals surface area contributed by atoms with Crippen molar-refractivity contribution in [3.05, 3.63) is 65.7 Å². The number of nitrogens with one attached hydrogen (secondary N) is 1. The van der Waals surface area contributed by atoms with Crippen LogP contribution in [0.4, 0.5) is 4.39 Å². The molecule has 0 aliphatic carbocycles. The van der Waals surface area contributed by atoms with Crippen molar-refractivity contribution in [3.63, 3.8) is 0 Å². The van der Waals surface area contributed by atoms with Gasteiger partial charge in [0.1, 0.15) is 5.82 Å². The standard InChI is InChI=1S/C13H10FN3O/c14-12-3-1-2-10(8-12)9-16-17-13(18)11-4-6-15-7-5-11/h1-9H,(H,17,18)/b16-9-. The molecule has 0 atom stereocenters. The number of hydrazone groups is 1. The van der Waals surface area contributed by atoms with Crippen molar-refractivity contribution in [2.45, 2.75) is 0 Å². The predicted octanol–water partition coefficient (Wildman–Crippen LogP) is 1.98. The van der Waals surface area contributed by atoms with E-state index in [-0.39, 0.29) is 11.7 Å². The summed E-state index contributed by atoms with van der Waals surface area (Å²) in [5.41, 5.74) is 3.38. The van der Waals surface area contributed by atoms with E-state index in [1.165, 1.54) is 30.7 Å². The largest absolute Gasteiger partial charge is 0.271 e. The third-order valence-corrected chi connectivity index (χ3v) is 2.17. The number of aromatic nitrogens is 1. The zero-order valence-electron chi connectivity index (χ0n) is 9.38. The number of nitrogens with zero attached hydrogens (tertiary/aromatic N) is 2. The molecule has 0 aliphatic rings. The molecule has 18 heavy (non-hydrogen) atoms. The first kappa shape index (κ1) is 11.9. The first-order valence-electron chi connectivity index (χ1n) is 5.25. The minimum absolute atomic E-state index is 0.343. The number of rotatable bonds is 3. The normalized spacial score (nSPS) is 10.5. The second-order valence-electron chi connectivity index (χ2n) is 3.49. The Morgan fingerprint density at radius 1 is 1.28 bits per heavy atom. The highest BCUT2D eigenvalue weighted by Gasteiger charge is 2.01. The van der Waals surface area contributed by atoms with Crippen molar-refractivity contribution in [1.29, 1.82) is 0 Å². The highest BCUT2D eigenvalue weighted by Crippen LogP contribution is 2.00. The number of pyridine rings is 1. The fraction of sp³-hybridized carbons (Fsp3) is 0. The fourth-order valence-corrected chi connectivity index (χ4v) is 1.32. The second-order valence-corrected chi connectivity index (χ2v) is 3.49. The number of amides is 1. The van der Waals surface area contributed by atoms with Gasteiger partial charge in [-0.25, -0.2) is 9.82 Å². The first-order chi connectivity index (χ1) is 8.75. The van der Waals surface area contributed by atoms with Gasteiger partial charge in [0.15, 0.2) is 0 Å². The molecule has 0 spiro atoms. The molecule has 1 aromatic carbocycles. The van der Waals surface area contributed by atoms with Crippen molar-refractivity contribution in [2.24, 2.45) is 5.10 Å². The molecule has 0 radical (unpaired) electrons. The first-order valence-corrected chi connectivity index (χ1v) is 5.25. The van der Waals surface area contributed by atoms with E-state index >= 15 is 0 Å². The number of carbonyl (C=O) groups excluding carboxylic acids is 1. The third-order valence-electron chi connectivity index (χ3n) is 2.17. The lowest BCUT2D eigenvalue weighted by molar-refractivity contribution is 0.0955. The maximum atomic E-state index is 12.9. The van der Waals surface area contributed by atoms with Crippen LogP contribution in [0.25, 0.3) is 0 Å². The molecule has 0 saturated heterocycles. The van der Waals surface area contributed by atoms with E-state index in [2.05, 4.69) is 15.5 Å². The summed E-state index contributed by atoms with van der Waals surface area (Å²) in [6.07, 6.45) is 4.42. The van der Waals surface area contributed by atoms with Gasteiger partial charge < -0.3 is 0 Å². The predicted molar refractivity (Wildman–Crippen MR) is 65.7 cm³/mol. The monoisotopic (exact) mass is 243 g/mol. The Kier molecular flexibility index (Phi) is 3.76. The average Bonchev–Trinajstić information content (AvgIpc) is 2.40. The summed E-state index contributed by atoms with van der Waals surface area (Å²) >= 11 is 0. The molecule has 0 bridgehead atoms. The molecule has 0 saturated carbocycles. The molecule has 1 aromatic heterocycles. The van der Waals surface area contributed by atoms with Gasteiger partial charge in [-0.1, -0.05) is 12.1 Å². The van der Waals surface area contributed by atoms with E-state index < -0.39 is 0 Å². The Balaban J connectivity index is 1.98. The molecule has 0 fully saturated rings. The third kappa shape index (κ3) is 3.21. The molecule has 90 valence electrons. The van der Waals surface area contributed by atoms with Crippen LogP contribution in [0.3, 0.4) is 0 Å². The van der Waals surface area contributed by atoms with E-state index in [0.717, 1.165) is 0 Å². The van der Waals surface area contributed by atoms with E-state index in [0.29, 0.717) is 11.1 Å². The highest BCUT2D eigenvalue weighted by molar-refractivity contribution is 5.94. The van der Waals surface area contributed by atoms with Crippen LogP contribution in [0.15, 0.2) is 53.9 Å². The van der Waals surface area contributed by atoms with E-state index in [9.17, 15) is 9.18 Å². The summed E-state index contributed by atoms with van der Waals surface area (Å²) in [6.45, 7) is 0. The number of benzene rings is 1. The van der Waals surface area contributed by atoms with Crippen molar-refractivity contribution in [1.82, 2.24) is 10.4 Å². The summed E-state index contributed by atoms with van der Waals surface area (Å²) in [6, 6.07) is 9.07. The molecule has 4 nitrogen and oxygen atoms in total. The molecule has 1 heterocycles. The van der Waals surface area contributed by atoms with Gasteiger partial charge in [-0.3, -0.25) is 9.78 Å². The van der Waals surface area contributed by atoms with Crippen LogP contribution in [0.2, 0.25) is 0 Å². The minimum atomic E-state index is -0.348. The van der Waals surface area contributed by atoms with Crippen LogP contribution in [-0.2, 0) is 0 Å². The molecule has 2 aromatic rings. The van der Waals surface area contributed by atoms with Gasteiger partial charge in [0.25, 0.3) is 5.91 Å². The summed E-state index contributed by atoms with van der Waals surface area (Å²) < 4.78 is 12.9. The Bertz CT molecular complexity index is 569. The second kappa shape index (κ2) is 5.67. The number of hydrogen-bond acceptors (Lipinski definition) is 3. The number of halogens is 1. The molecule has 2 rings (SSSR count). The van der Waals surface area contributed by atoms with Gasteiger partial charge in [0.05, 0.1) is 6.21 Å². The van der Waals surface area contributed by atoms with Crippen LogP contribution in [0, 0.1) is 5.82 Å². The Hall–Kier alpha value is -2.56. The van der Waals surface area contributed by atoms with E-state index in [1.54, 1.807) is 24.3 Å². The maximum Gasteiger partial charge on any atom is 0.271 e. The molecule has 1 amide bonds. The summed E-state index contributed by atoms with van der Waals surface area (Å²) in [5.74, 6) is -0.690. The Morgan fingerprint density at radius 3 is 2.78 bits per heavy atom. The van der Waals surface area contributed by atoms with Gasteiger partial charge in [-0.15, -0.1) is 0 Å². The lowest BCUT2D eigenvalue weighted by Gasteiger charge is -1.98. The SMILES string of the molecule is O=C(N/N=C\c1cccc(F)c1)c1ccncc1. The summed E-state index contributed by atoms with van der Waals surface area (Å²) in [5, 5.41) is 3.75. The van der Waals surface area contributed by atoms with Gasteiger partial charge in [-0.05, 0) is 29.8 Å². The lowest BCUT2D eigenvalue weighted by atomic mass is 10.2. The van der Waals surface area contributed by atoms with Gasteiger partial charge in [-0.2, -0.15) is 5.10 Å². The van der Waals surface area contributed by atoms with E-state index in [4.69, 9.17) is 0 Å². The topological polar surface area (TPSA) is 54.4 Å². The number of hydrogen-bond donors (Lipinski definition) is 1. The van der Waals surface area contributed by atoms with Crippen molar-refractivity contribution in [3.8, 4) is 0 Å². The Labute approximate surface area is 103 Å². The van der Waals surface area contributed by atoms with E-state index in [1.807, 2.05) is 0 Å². The van der Waals surface area contributed by atoms with Crippen LogP contribution in [-0.4, -0.2) is 17.1 Å². The summed E-state index contributed by atoms with van der Waals surface area (Å²) in [7, 11) is 0. The zero-order valence-corrected chi connectivity index (χ0v) is 9.38. The molecular weight excluding hydrogens is 233 g/mol. The smallest absolute Gasteiger partial charge is 0.267 e. The quantitative estimate of drug-likeness (QED) is 0.662. The van der Waals surface area contributed by atoms with Gasteiger partial charge >= 0.3 is 0 Å². The van der Waals surface area contributed by atoms with Crippen molar-refractivity contribution >= 4 is 12.1 Å². The van der Waals surface area contributed by atoms with Crippen molar-refractivity contribution in [2.75, 3.05) is 0 Å².